The van der Waals surface area contributed by atoms with E-state index >= 15 is 0 Å². The van der Waals surface area contributed by atoms with Crippen molar-refractivity contribution in [2.24, 2.45) is 0 Å². The number of thioether (sulfide) groups is 1. The van der Waals surface area contributed by atoms with E-state index in [1.807, 2.05) is 36.6 Å². The quantitative estimate of drug-likeness (QED) is 0.625. The molecule has 19 heavy (non-hydrogen) atoms. The molecule has 0 atom stereocenters. The molecule has 102 valence electrons. The average Bonchev–Trinajstić information content (AvgIpc) is 2.56. The van der Waals surface area contributed by atoms with Gasteiger partial charge in [0.1, 0.15) is 0 Å². The van der Waals surface area contributed by atoms with E-state index in [4.69, 9.17) is 9.31 Å². The van der Waals surface area contributed by atoms with Crippen molar-refractivity contribution in [2.45, 2.75) is 43.9 Å². The monoisotopic (exact) mass is 277 g/mol. The SMILES string of the molecule is CSc1cc(/C=C/B2OC(C)(C)C(C)(C)O2)ccn1. The molecule has 0 aliphatic carbocycles. The van der Waals surface area contributed by atoms with E-state index in [1.165, 1.54) is 0 Å². The van der Waals surface area contributed by atoms with Gasteiger partial charge in [0, 0.05) is 6.20 Å². The second-order valence-corrected chi connectivity index (χ2v) is 6.44. The van der Waals surface area contributed by atoms with Crippen LogP contribution in [0.5, 0.6) is 0 Å². The van der Waals surface area contributed by atoms with Gasteiger partial charge in [-0.15, -0.1) is 11.8 Å². The van der Waals surface area contributed by atoms with Crippen molar-refractivity contribution in [3.8, 4) is 0 Å². The summed E-state index contributed by atoms with van der Waals surface area (Å²) in [5.41, 5.74) is 0.532. The fourth-order valence-electron chi connectivity index (χ4n) is 1.80. The molecule has 2 heterocycles. The van der Waals surface area contributed by atoms with Crippen LogP contribution in [0.15, 0.2) is 29.3 Å². The van der Waals surface area contributed by atoms with Gasteiger partial charge in [-0.05, 0) is 51.6 Å². The fraction of sp³-hybridized carbons (Fsp3) is 0.500. The summed E-state index contributed by atoms with van der Waals surface area (Å²) in [5.74, 6) is 1.95. The molecule has 0 amide bonds. The van der Waals surface area contributed by atoms with Crippen LogP contribution in [0.3, 0.4) is 0 Å². The molecular formula is C14H20BNO2S. The summed E-state index contributed by atoms with van der Waals surface area (Å²) >= 11 is 1.63. The van der Waals surface area contributed by atoms with E-state index in [2.05, 4.69) is 32.7 Å². The highest BCUT2D eigenvalue weighted by Gasteiger charge is 2.49. The zero-order valence-electron chi connectivity index (χ0n) is 12.1. The van der Waals surface area contributed by atoms with E-state index in [0.29, 0.717) is 0 Å². The Kier molecular flexibility index (Phi) is 4.09. The van der Waals surface area contributed by atoms with Crippen LogP contribution in [-0.4, -0.2) is 29.6 Å². The van der Waals surface area contributed by atoms with Gasteiger partial charge in [-0.25, -0.2) is 4.98 Å². The summed E-state index contributed by atoms with van der Waals surface area (Å²) in [6.07, 6.45) is 5.85. The molecule has 1 saturated heterocycles. The van der Waals surface area contributed by atoms with Crippen LogP contribution in [0.25, 0.3) is 6.08 Å². The smallest absolute Gasteiger partial charge is 0.400 e. The van der Waals surface area contributed by atoms with Crippen LogP contribution in [-0.2, 0) is 9.31 Å². The predicted molar refractivity (Wildman–Crippen MR) is 81.1 cm³/mol. The first-order chi connectivity index (χ1) is 8.84. The van der Waals surface area contributed by atoms with E-state index in [1.54, 1.807) is 11.8 Å². The molecule has 2 rings (SSSR count). The maximum atomic E-state index is 5.91. The highest BCUT2D eigenvalue weighted by Crippen LogP contribution is 2.37. The van der Waals surface area contributed by atoms with Gasteiger partial charge < -0.3 is 9.31 Å². The van der Waals surface area contributed by atoms with E-state index in [9.17, 15) is 0 Å². The molecule has 0 bridgehead atoms. The molecule has 1 fully saturated rings. The molecule has 0 spiro atoms. The van der Waals surface area contributed by atoms with E-state index in [-0.39, 0.29) is 18.3 Å². The Bertz CT molecular complexity index is 472. The molecule has 3 nitrogen and oxygen atoms in total. The van der Waals surface area contributed by atoms with Crippen LogP contribution < -0.4 is 0 Å². The Morgan fingerprint density at radius 1 is 1.21 bits per heavy atom. The summed E-state index contributed by atoms with van der Waals surface area (Å²) in [6, 6.07) is 4.02. The molecule has 1 aromatic rings. The molecule has 1 aliphatic heterocycles. The molecule has 0 N–H and O–H groups in total. The second kappa shape index (κ2) is 5.31. The summed E-state index contributed by atoms with van der Waals surface area (Å²) in [4.78, 5) is 4.25. The fourth-order valence-corrected chi connectivity index (χ4v) is 2.22. The average molecular weight is 277 g/mol. The third kappa shape index (κ3) is 3.22. The molecule has 1 aromatic heterocycles. The molecular weight excluding hydrogens is 257 g/mol. The summed E-state index contributed by atoms with van der Waals surface area (Å²) in [6.45, 7) is 8.22. The van der Waals surface area contributed by atoms with Crippen LogP contribution in [0.4, 0.5) is 0 Å². The maximum Gasteiger partial charge on any atom is 0.487 e. The topological polar surface area (TPSA) is 31.4 Å². The molecule has 1 aliphatic rings. The van der Waals surface area contributed by atoms with Gasteiger partial charge in [0.05, 0.1) is 16.2 Å². The van der Waals surface area contributed by atoms with Crippen molar-refractivity contribution in [1.82, 2.24) is 4.98 Å². The van der Waals surface area contributed by atoms with E-state index in [0.717, 1.165) is 10.6 Å². The molecule has 0 radical (unpaired) electrons. The largest absolute Gasteiger partial charge is 0.487 e. The molecule has 5 heteroatoms. The van der Waals surface area contributed by atoms with Gasteiger partial charge >= 0.3 is 7.12 Å². The maximum absolute atomic E-state index is 5.91. The number of rotatable bonds is 3. The first-order valence-corrected chi connectivity index (χ1v) is 7.60. The summed E-state index contributed by atoms with van der Waals surface area (Å²) < 4.78 is 11.8. The van der Waals surface area contributed by atoms with E-state index < -0.39 is 0 Å². The van der Waals surface area contributed by atoms with Crippen molar-refractivity contribution in [3.63, 3.8) is 0 Å². The van der Waals surface area contributed by atoms with Gasteiger partial charge in [0.15, 0.2) is 0 Å². The third-order valence-corrected chi connectivity index (χ3v) is 4.33. The predicted octanol–water partition coefficient (Wildman–Crippen LogP) is 3.45. The van der Waals surface area contributed by atoms with Crippen LogP contribution in [0, 0.1) is 0 Å². The summed E-state index contributed by atoms with van der Waals surface area (Å²) in [7, 11) is -0.295. The lowest BCUT2D eigenvalue weighted by molar-refractivity contribution is 0.00578. The van der Waals surface area contributed by atoms with Crippen molar-refractivity contribution in [3.05, 3.63) is 29.9 Å². The zero-order valence-corrected chi connectivity index (χ0v) is 13.0. The molecule has 0 unspecified atom stereocenters. The minimum atomic E-state index is -0.295. The first kappa shape index (κ1) is 14.6. The van der Waals surface area contributed by atoms with Gasteiger partial charge in [0.2, 0.25) is 0 Å². The Morgan fingerprint density at radius 3 is 2.42 bits per heavy atom. The highest BCUT2D eigenvalue weighted by atomic mass is 32.2. The van der Waals surface area contributed by atoms with Crippen molar-refractivity contribution in [2.75, 3.05) is 6.26 Å². The Hall–Kier alpha value is -0.775. The molecule has 0 saturated carbocycles. The van der Waals surface area contributed by atoms with Crippen molar-refractivity contribution in [1.29, 1.82) is 0 Å². The lowest BCUT2D eigenvalue weighted by atomic mass is 9.89. The number of aromatic nitrogens is 1. The minimum Gasteiger partial charge on any atom is -0.400 e. The van der Waals surface area contributed by atoms with Crippen molar-refractivity contribution < 1.29 is 9.31 Å². The normalized spacial score (nSPS) is 21.2. The second-order valence-electron chi connectivity index (χ2n) is 5.62. The van der Waals surface area contributed by atoms with Crippen LogP contribution in [0.1, 0.15) is 33.3 Å². The number of hydrogen-bond acceptors (Lipinski definition) is 4. The van der Waals surface area contributed by atoms with Crippen LogP contribution in [0.2, 0.25) is 0 Å². The van der Waals surface area contributed by atoms with Gasteiger partial charge in [-0.1, -0.05) is 12.1 Å². The minimum absolute atomic E-state index is 0.287. The number of nitrogens with zero attached hydrogens (tertiary/aromatic N) is 1. The van der Waals surface area contributed by atoms with Crippen LogP contribution >= 0.6 is 11.8 Å². The van der Waals surface area contributed by atoms with Gasteiger partial charge in [-0.2, -0.15) is 0 Å². The third-order valence-electron chi connectivity index (χ3n) is 3.69. The van der Waals surface area contributed by atoms with Crippen molar-refractivity contribution >= 4 is 25.0 Å². The Morgan fingerprint density at radius 2 is 1.84 bits per heavy atom. The Balaban J connectivity index is 2.08. The summed E-state index contributed by atoms with van der Waals surface area (Å²) in [5, 5.41) is 1.01. The first-order valence-electron chi connectivity index (χ1n) is 6.38. The highest BCUT2D eigenvalue weighted by molar-refractivity contribution is 7.98. The molecule has 0 aromatic carbocycles. The number of pyridine rings is 1. The van der Waals surface area contributed by atoms with Gasteiger partial charge in [0.25, 0.3) is 0 Å². The lowest BCUT2D eigenvalue weighted by Gasteiger charge is -2.32. The Labute approximate surface area is 119 Å². The number of hydrogen-bond donors (Lipinski definition) is 0. The standard InChI is InChI=1S/C14H20BNO2S/c1-13(2)14(3,4)18-15(17-13)8-6-11-7-9-16-12(10-11)19-5/h6-10H,1-5H3/b8-6+. The lowest BCUT2D eigenvalue weighted by Crippen LogP contribution is -2.41. The van der Waals surface area contributed by atoms with Gasteiger partial charge in [-0.3, -0.25) is 0 Å². The zero-order chi connectivity index (χ0) is 14.1.